The molecule has 50 heavy (non-hydrogen) atoms. The summed E-state index contributed by atoms with van der Waals surface area (Å²) in [5, 5.41) is 0. The first-order valence-electron chi connectivity index (χ1n) is 17.7. The molecule has 3 aliphatic rings. The second kappa shape index (κ2) is 10.3. The van der Waals surface area contributed by atoms with Crippen molar-refractivity contribution >= 4 is 28.4 Å². The lowest BCUT2D eigenvalue weighted by atomic mass is 9.49. The summed E-state index contributed by atoms with van der Waals surface area (Å²) in [6.07, 6.45) is 0. The monoisotopic (exact) mass is 642 g/mol. The molecule has 0 saturated heterocycles. The zero-order valence-corrected chi connectivity index (χ0v) is 28.6. The van der Waals surface area contributed by atoms with Crippen molar-refractivity contribution in [1.82, 2.24) is 0 Å². The van der Waals surface area contributed by atoms with Crippen molar-refractivity contribution in [3.8, 4) is 0 Å². The summed E-state index contributed by atoms with van der Waals surface area (Å²) in [4.78, 5) is 5.01. The Hall–Kier alpha value is -5.86. The fraction of sp³-hybridized carbons (Fsp3) is 0.125. The van der Waals surface area contributed by atoms with Crippen LogP contribution in [0.1, 0.15) is 65.3 Å². The summed E-state index contributed by atoms with van der Waals surface area (Å²) in [5.74, 6) is 0. The van der Waals surface area contributed by atoms with Crippen molar-refractivity contribution in [2.75, 3.05) is 9.80 Å². The lowest BCUT2D eigenvalue weighted by Crippen LogP contribution is -2.51. The van der Waals surface area contributed by atoms with Crippen LogP contribution in [0.5, 0.6) is 0 Å². The summed E-state index contributed by atoms with van der Waals surface area (Å²) in [6.45, 7) is 6.97. The van der Waals surface area contributed by atoms with Crippen molar-refractivity contribution in [2.24, 2.45) is 0 Å². The SMILES string of the molecule is CC(C)(C)N1c2ccccc2C2(c3ccccc31)c1ccccc1C1(c3ccccc3N(c3ccccc3)c3ccccc31)c1ccccc12. The molecule has 240 valence electrons. The first-order chi connectivity index (χ1) is 24.5. The van der Waals surface area contributed by atoms with Gasteiger partial charge in [0.15, 0.2) is 0 Å². The van der Waals surface area contributed by atoms with Gasteiger partial charge in [0.05, 0.1) is 22.2 Å². The van der Waals surface area contributed by atoms with Gasteiger partial charge in [-0.15, -0.1) is 0 Å². The van der Waals surface area contributed by atoms with Crippen LogP contribution in [-0.2, 0) is 10.8 Å². The van der Waals surface area contributed by atoms with Gasteiger partial charge < -0.3 is 9.80 Å². The number of para-hydroxylation sites is 5. The first-order valence-corrected chi connectivity index (χ1v) is 17.7. The van der Waals surface area contributed by atoms with Crippen LogP contribution in [0, 0.1) is 0 Å². The van der Waals surface area contributed by atoms with Crippen LogP contribution in [0.3, 0.4) is 0 Å². The van der Waals surface area contributed by atoms with E-state index in [1.165, 1.54) is 67.3 Å². The van der Waals surface area contributed by atoms with Gasteiger partial charge in [0.2, 0.25) is 0 Å². The average Bonchev–Trinajstić information content (AvgIpc) is 3.16. The van der Waals surface area contributed by atoms with E-state index >= 15 is 0 Å². The number of benzene rings is 7. The fourth-order valence-corrected chi connectivity index (χ4v) is 9.80. The molecule has 10 rings (SSSR count). The number of hydrogen-bond acceptors (Lipinski definition) is 2. The van der Waals surface area contributed by atoms with E-state index in [9.17, 15) is 0 Å². The summed E-state index contributed by atoms with van der Waals surface area (Å²) in [7, 11) is 0. The van der Waals surface area contributed by atoms with Crippen LogP contribution in [0.25, 0.3) is 0 Å². The largest absolute Gasteiger partial charge is 0.336 e. The first kappa shape index (κ1) is 29.1. The lowest BCUT2D eigenvalue weighted by Gasteiger charge is -2.57. The van der Waals surface area contributed by atoms with E-state index in [1.54, 1.807) is 0 Å². The predicted octanol–water partition coefficient (Wildman–Crippen LogP) is 11.8. The van der Waals surface area contributed by atoms with Crippen molar-refractivity contribution < 1.29 is 0 Å². The summed E-state index contributed by atoms with van der Waals surface area (Å²) in [6, 6.07) is 66.0. The number of nitrogens with zero attached hydrogens (tertiary/aromatic N) is 2. The maximum Gasteiger partial charge on any atom is 0.0748 e. The van der Waals surface area contributed by atoms with Gasteiger partial charge in [-0.2, -0.15) is 0 Å². The van der Waals surface area contributed by atoms with Crippen molar-refractivity contribution in [2.45, 2.75) is 37.1 Å². The number of hydrogen-bond donors (Lipinski definition) is 0. The van der Waals surface area contributed by atoms with Gasteiger partial charge in [-0.25, -0.2) is 0 Å². The highest BCUT2D eigenvalue weighted by atomic mass is 15.2. The van der Waals surface area contributed by atoms with E-state index in [0.717, 1.165) is 5.69 Å². The number of anilines is 5. The molecule has 0 saturated carbocycles. The second-order valence-corrected chi connectivity index (χ2v) is 14.8. The van der Waals surface area contributed by atoms with Crippen molar-refractivity contribution in [1.29, 1.82) is 0 Å². The molecule has 7 aromatic rings. The Morgan fingerprint density at radius 2 is 0.600 bits per heavy atom. The third-order valence-corrected chi connectivity index (χ3v) is 11.4. The normalized spacial score (nSPS) is 15.7. The van der Waals surface area contributed by atoms with Crippen LogP contribution in [-0.4, -0.2) is 5.54 Å². The molecule has 0 amide bonds. The van der Waals surface area contributed by atoms with E-state index in [1.807, 2.05) is 0 Å². The Morgan fingerprint density at radius 1 is 0.320 bits per heavy atom. The van der Waals surface area contributed by atoms with Gasteiger partial charge in [-0.1, -0.05) is 140 Å². The Balaban J connectivity index is 1.39. The third kappa shape index (κ3) is 3.53. The molecule has 0 atom stereocenters. The van der Waals surface area contributed by atoms with Crippen molar-refractivity contribution in [3.63, 3.8) is 0 Å². The fourth-order valence-electron chi connectivity index (χ4n) is 9.80. The molecule has 0 N–H and O–H groups in total. The van der Waals surface area contributed by atoms with Gasteiger partial charge in [-0.3, -0.25) is 0 Å². The molecular formula is C48H38N2. The van der Waals surface area contributed by atoms with Gasteiger partial charge in [-0.05, 0) is 102 Å². The number of rotatable bonds is 1. The molecule has 2 heteroatoms. The van der Waals surface area contributed by atoms with E-state index in [-0.39, 0.29) is 5.54 Å². The molecule has 2 nitrogen and oxygen atoms in total. The molecular weight excluding hydrogens is 605 g/mol. The van der Waals surface area contributed by atoms with Gasteiger partial charge in [0, 0.05) is 22.6 Å². The highest BCUT2D eigenvalue weighted by Gasteiger charge is 2.59. The minimum Gasteiger partial charge on any atom is -0.336 e. The quantitative estimate of drug-likeness (QED) is 0.176. The molecule has 1 aliphatic carbocycles. The van der Waals surface area contributed by atoms with Crippen LogP contribution in [0.2, 0.25) is 0 Å². The third-order valence-electron chi connectivity index (χ3n) is 11.4. The number of fused-ring (bicyclic) bond motifs is 14. The second-order valence-electron chi connectivity index (χ2n) is 14.8. The summed E-state index contributed by atoms with van der Waals surface area (Å²) < 4.78 is 0. The Bertz CT molecular complexity index is 2300. The molecule has 0 unspecified atom stereocenters. The molecule has 2 aliphatic heterocycles. The predicted molar refractivity (Wildman–Crippen MR) is 207 cm³/mol. The topological polar surface area (TPSA) is 6.48 Å². The van der Waals surface area contributed by atoms with E-state index in [4.69, 9.17) is 0 Å². The molecule has 7 aromatic carbocycles. The standard InChI is InChI=1S/C48H38N2/c1-46(2,3)50-44-31-17-13-27-40(44)48(41-28-14-18-32-45(41)50)36-23-9-7-21-34(36)47(35-22-8-10-24-37(35)48)38-25-11-15-29-42(38)49(33-19-5-4-6-20-33)43-30-16-12-26-39(43)47/h4-32H,1-3H3. The van der Waals surface area contributed by atoms with E-state index in [2.05, 4.69) is 206 Å². The van der Waals surface area contributed by atoms with Crippen LogP contribution in [0.4, 0.5) is 28.4 Å². The highest BCUT2D eigenvalue weighted by Crippen LogP contribution is 2.67. The molecule has 0 aromatic heterocycles. The Labute approximate surface area is 294 Å². The van der Waals surface area contributed by atoms with Crippen LogP contribution >= 0.6 is 0 Å². The van der Waals surface area contributed by atoms with Crippen LogP contribution < -0.4 is 9.80 Å². The Kier molecular flexibility index (Phi) is 6.01. The van der Waals surface area contributed by atoms with E-state index < -0.39 is 10.8 Å². The summed E-state index contributed by atoms with van der Waals surface area (Å²) >= 11 is 0. The zero-order valence-electron chi connectivity index (χ0n) is 28.6. The zero-order chi connectivity index (χ0) is 33.7. The minimum atomic E-state index is -0.554. The lowest BCUT2D eigenvalue weighted by molar-refractivity contribution is 0.535. The van der Waals surface area contributed by atoms with Gasteiger partial charge >= 0.3 is 0 Å². The van der Waals surface area contributed by atoms with Gasteiger partial charge in [0.25, 0.3) is 0 Å². The van der Waals surface area contributed by atoms with Crippen LogP contribution in [0.15, 0.2) is 176 Å². The molecule has 0 fully saturated rings. The van der Waals surface area contributed by atoms with Gasteiger partial charge in [0.1, 0.15) is 0 Å². The average molecular weight is 643 g/mol. The molecule has 0 bridgehead atoms. The smallest absolute Gasteiger partial charge is 0.0748 e. The molecule has 2 spiro atoms. The maximum atomic E-state index is 2.56. The maximum absolute atomic E-state index is 2.56. The molecule has 0 radical (unpaired) electrons. The molecule has 2 heterocycles. The minimum absolute atomic E-state index is 0.134. The Morgan fingerprint density at radius 3 is 0.960 bits per heavy atom. The van der Waals surface area contributed by atoms with E-state index in [0.29, 0.717) is 0 Å². The summed E-state index contributed by atoms with van der Waals surface area (Å²) in [5.41, 5.74) is 15.5. The van der Waals surface area contributed by atoms with Crippen molar-refractivity contribution in [3.05, 3.63) is 220 Å². The highest BCUT2D eigenvalue weighted by molar-refractivity contribution is 5.93.